The molecule has 1 amide bonds. The number of hydrogen-bond acceptors (Lipinski definition) is 1. The van der Waals surface area contributed by atoms with Crippen molar-refractivity contribution in [2.75, 3.05) is 6.54 Å². The summed E-state index contributed by atoms with van der Waals surface area (Å²) in [7, 11) is 0. The molecule has 11 heavy (non-hydrogen) atoms. The summed E-state index contributed by atoms with van der Waals surface area (Å²) in [5.41, 5.74) is 0. The zero-order valence-electron chi connectivity index (χ0n) is 6.16. The first-order chi connectivity index (χ1) is 5.34. The molecular weight excluding hydrogens is 206 g/mol. The third kappa shape index (κ3) is 2.50. The van der Waals surface area contributed by atoms with Gasteiger partial charge in [0, 0.05) is 18.8 Å². The molecule has 0 aliphatic carbocycles. The molecule has 0 aromatic heterocycles. The molecule has 0 spiro atoms. The van der Waals surface area contributed by atoms with Crippen LogP contribution in [0.4, 0.5) is 0 Å². The Morgan fingerprint density at radius 2 is 2.45 bits per heavy atom. The second kappa shape index (κ2) is 4.34. The average molecular weight is 216 g/mol. The van der Waals surface area contributed by atoms with Crippen LogP contribution in [-0.4, -0.2) is 17.4 Å². The van der Waals surface area contributed by atoms with Crippen molar-refractivity contribution in [3.8, 4) is 0 Å². The maximum atomic E-state index is 11.2. The van der Waals surface area contributed by atoms with Crippen LogP contribution in [0.5, 0.6) is 0 Å². The molecule has 1 rings (SSSR count). The average Bonchev–Trinajstić information content (AvgIpc) is 2.07. The minimum Gasteiger partial charge on any atom is -0.316 e. The summed E-state index contributed by atoms with van der Waals surface area (Å²) in [6.07, 6.45) is 7.53. The highest BCUT2D eigenvalue weighted by atomic mass is 79.9. The zero-order valence-corrected chi connectivity index (χ0v) is 7.75. The molecule has 0 unspecified atom stereocenters. The first-order valence-corrected chi connectivity index (χ1v) is 4.50. The van der Waals surface area contributed by atoms with E-state index in [-0.39, 0.29) is 5.91 Å². The van der Waals surface area contributed by atoms with Crippen molar-refractivity contribution in [2.45, 2.75) is 12.8 Å². The van der Waals surface area contributed by atoms with Gasteiger partial charge >= 0.3 is 0 Å². The predicted octanol–water partition coefficient (Wildman–Crippen LogP) is 2.03. The number of carbonyl (C=O) groups excluding carboxylic acids is 1. The molecule has 2 nitrogen and oxygen atoms in total. The number of halogens is 1. The molecule has 60 valence electrons. The SMILES string of the molecule is O=C(/C=C\Br)N1C=CCCC1. The van der Waals surface area contributed by atoms with Crippen LogP contribution in [0.3, 0.4) is 0 Å². The van der Waals surface area contributed by atoms with Gasteiger partial charge in [0.05, 0.1) is 0 Å². The highest BCUT2D eigenvalue weighted by Crippen LogP contribution is 2.06. The number of rotatable bonds is 1. The van der Waals surface area contributed by atoms with Gasteiger partial charge in [-0.1, -0.05) is 22.0 Å². The maximum absolute atomic E-state index is 11.2. The van der Waals surface area contributed by atoms with Gasteiger partial charge in [0.1, 0.15) is 0 Å². The largest absolute Gasteiger partial charge is 0.316 e. The van der Waals surface area contributed by atoms with Gasteiger partial charge < -0.3 is 4.90 Å². The van der Waals surface area contributed by atoms with Crippen LogP contribution in [0, 0.1) is 0 Å². The van der Waals surface area contributed by atoms with Crippen molar-refractivity contribution in [3.05, 3.63) is 23.3 Å². The van der Waals surface area contributed by atoms with Crippen LogP contribution in [0.1, 0.15) is 12.8 Å². The van der Waals surface area contributed by atoms with Crippen LogP contribution in [-0.2, 0) is 4.79 Å². The second-order valence-electron chi connectivity index (χ2n) is 2.35. The third-order valence-electron chi connectivity index (χ3n) is 1.54. The molecule has 0 aromatic carbocycles. The number of allylic oxidation sites excluding steroid dienone is 1. The Bertz CT molecular complexity index is 198. The third-order valence-corrected chi connectivity index (χ3v) is 1.81. The minimum atomic E-state index is 0.0397. The lowest BCUT2D eigenvalue weighted by atomic mass is 10.2. The first-order valence-electron chi connectivity index (χ1n) is 3.58. The highest BCUT2D eigenvalue weighted by Gasteiger charge is 2.08. The van der Waals surface area contributed by atoms with Crippen molar-refractivity contribution >= 4 is 21.8 Å². The Kier molecular flexibility index (Phi) is 3.36. The van der Waals surface area contributed by atoms with Crippen molar-refractivity contribution in [1.82, 2.24) is 4.90 Å². The molecule has 0 N–H and O–H groups in total. The van der Waals surface area contributed by atoms with Gasteiger partial charge in [0.2, 0.25) is 0 Å². The van der Waals surface area contributed by atoms with Crippen LogP contribution in [0.15, 0.2) is 23.3 Å². The van der Waals surface area contributed by atoms with Crippen LogP contribution in [0.25, 0.3) is 0 Å². The van der Waals surface area contributed by atoms with E-state index in [9.17, 15) is 4.79 Å². The first kappa shape index (κ1) is 8.53. The molecule has 3 heteroatoms. The summed E-state index contributed by atoms with van der Waals surface area (Å²) in [5, 5.41) is 0. The van der Waals surface area contributed by atoms with E-state index < -0.39 is 0 Å². The van der Waals surface area contributed by atoms with Gasteiger partial charge in [-0.05, 0) is 17.8 Å². The number of amides is 1. The Labute approximate surface area is 74.7 Å². The summed E-state index contributed by atoms with van der Waals surface area (Å²) in [4.78, 5) is 14.4. The lowest BCUT2D eigenvalue weighted by Gasteiger charge is -2.19. The predicted molar refractivity (Wildman–Crippen MR) is 48.2 cm³/mol. The summed E-state index contributed by atoms with van der Waals surface area (Å²) in [6, 6.07) is 0. The molecule has 1 heterocycles. The number of nitrogens with zero attached hydrogens (tertiary/aromatic N) is 1. The monoisotopic (exact) mass is 215 g/mol. The summed E-state index contributed by atoms with van der Waals surface area (Å²) in [6.45, 7) is 0.840. The second-order valence-corrected chi connectivity index (χ2v) is 2.88. The summed E-state index contributed by atoms with van der Waals surface area (Å²) < 4.78 is 0. The van der Waals surface area contributed by atoms with E-state index in [1.165, 1.54) is 6.08 Å². The van der Waals surface area contributed by atoms with Crippen LogP contribution < -0.4 is 0 Å². The van der Waals surface area contributed by atoms with E-state index in [0.717, 1.165) is 19.4 Å². The van der Waals surface area contributed by atoms with Gasteiger partial charge in [-0.15, -0.1) is 0 Å². The molecule has 0 aromatic rings. The lowest BCUT2D eigenvalue weighted by molar-refractivity contribution is -0.123. The summed E-state index contributed by atoms with van der Waals surface area (Å²) >= 11 is 3.06. The van der Waals surface area contributed by atoms with Crippen molar-refractivity contribution in [2.24, 2.45) is 0 Å². The van der Waals surface area contributed by atoms with E-state index in [4.69, 9.17) is 0 Å². The zero-order chi connectivity index (χ0) is 8.10. The van der Waals surface area contributed by atoms with Crippen molar-refractivity contribution < 1.29 is 4.79 Å². The smallest absolute Gasteiger partial charge is 0.251 e. The van der Waals surface area contributed by atoms with E-state index in [2.05, 4.69) is 15.9 Å². The Morgan fingerprint density at radius 1 is 1.64 bits per heavy atom. The standard InChI is InChI=1S/C8H10BrNO/c9-5-4-8(11)10-6-2-1-3-7-10/h2,4-6H,1,3,7H2/b5-4-. The number of hydrogen-bond donors (Lipinski definition) is 0. The molecule has 1 aliphatic heterocycles. The molecule has 0 saturated carbocycles. The Morgan fingerprint density at radius 3 is 3.00 bits per heavy atom. The van der Waals surface area contributed by atoms with E-state index in [1.54, 1.807) is 9.89 Å². The van der Waals surface area contributed by atoms with Gasteiger partial charge in [-0.3, -0.25) is 4.79 Å². The quantitative estimate of drug-likeness (QED) is 0.614. The highest BCUT2D eigenvalue weighted by molar-refractivity contribution is 9.11. The maximum Gasteiger partial charge on any atom is 0.251 e. The molecule has 0 bridgehead atoms. The number of carbonyl (C=O) groups is 1. The van der Waals surface area contributed by atoms with Crippen molar-refractivity contribution in [3.63, 3.8) is 0 Å². The molecule has 0 fully saturated rings. The molecule has 0 atom stereocenters. The fourth-order valence-electron chi connectivity index (χ4n) is 0.989. The molecule has 0 radical (unpaired) electrons. The van der Waals surface area contributed by atoms with Gasteiger partial charge in [-0.2, -0.15) is 0 Å². The molecular formula is C8H10BrNO. The van der Waals surface area contributed by atoms with Crippen LogP contribution in [0.2, 0.25) is 0 Å². The Hall–Kier alpha value is -0.570. The fraction of sp³-hybridized carbons (Fsp3) is 0.375. The minimum absolute atomic E-state index is 0.0397. The van der Waals surface area contributed by atoms with E-state index in [1.807, 2.05) is 12.3 Å². The molecule has 1 aliphatic rings. The lowest BCUT2D eigenvalue weighted by Crippen LogP contribution is -2.26. The Balaban J connectivity index is 2.52. The van der Waals surface area contributed by atoms with E-state index in [0.29, 0.717) is 0 Å². The molecule has 0 saturated heterocycles. The van der Waals surface area contributed by atoms with Gasteiger partial charge in [0.15, 0.2) is 0 Å². The summed E-state index contributed by atoms with van der Waals surface area (Å²) in [5.74, 6) is 0.0397. The van der Waals surface area contributed by atoms with Gasteiger partial charge in [0.25, 0.3) is 5.91 Å². The topological polar surface area (TPSA) is 20.3 Å². The fourth-order valence-corrected chi connectivity index (χ4v) is 1.22. The van der Waals surface area contributed by atoms with Gasteiger partial charge in [-0.25, -0.2) is 0 Å². The van der Waals surface area contributed by atoms with E-state index >= 15 is 0 Å². The van der Waals surface area contributed by atoms with Crippen molar-refractivity contribution in [1.29, 1.82) is 0 Å². The van der Waals surface area contributed by atoms with Crippen LogP contribution >= 0.6 is 15.9 Å². The normalized spacial score (nSPS) is 17.7.